The van der Waals surface area contributed by atoms with Gasteiger partial charge in [0.2, 0.25) is 5.91 Å². The molecule has 0 saturated carbocycles. The molecule has 6 nitrogen and oxygen atoms in total. The maximum Gasteiger partial charge on any atom is 0.303 e. The summed E-state index contributed by atoms with van der Waals surface area (Å²) in [6.07, 6.45) is -1.79. The van der Waals surface area contributed by atoms with Gasteiger partial charge >= 0.3 is 5.97 Å². The highest BCUT2D eigenvalue weighted by molar-refractivity contribution is 5.78. The monoisotopic (exact) mass is 245 g/mol. The zero-order valence-electron chi connectivity index (χ0n) is 10.1. The molecule has 1 heterocycles. The maximum absolute atomic E-state index is 11.8. The SMILES string of the molecule is CC(C)(CC(=O)O)CC(=O)N1C[C@@H](O)[C@@H](O)C1. The number of aliphatic carboxylic acids is 1. The predicted molar refractivity (Wildman–Crippen MR) is 59.2 cm³/mol. The third kappa shape index (κ3) is 3.98. The lowest BCUT2D eigenvalue weighted by Gasteiger charge is -2.25. The van der Waals surface area contributed by atoms with Gasteiger partial charge in [-0.3, -0.25) is 9.59 Å². The molecule has 0 spiro atoms. The van der Waals surface area contributed by atoms with E-state index in [1.165, 1.54) is 4.90 Å². The number of hydrogen-bond acceptors (Lipinski definition) is 4. The molecule has 0 unspecified atom stereocenters. The lowest BCUT2D eigenvalue weighted by Crippen LogP contribution is -2.34. The smallest absolute Gasteiger partial charge is 0.303 e. The first-order chi connectivity index (χ1) is 7.71. The Morgan fingerprint density at radius 3 is 2.06 bits per heavy atom. The average Bonchev–Trinajstić information content (AvgIpc) is 2.43. The molecule has 1 amide bonds. The second-order valence-electron chi connectivity index (χ2n) is 5.34. The van der Waals surface area contributed by atoms with E-state index in [9.17, 15) is 19.8 Å². The van der Waals surface area contributed by atoms with Gasteiger partial charge in [-0.15, -0.1) is 0 Å². The summed E-state index contributed by atoms with van der Waals surface area (Å²) < 4.78 is 0. The number of carboxylic acid groups (broad SMARTS) is 1. The zero-order chi connectivity index (χ0) is 13.2. The fourth-order valence-corrected chi connectivity index (χ4v) is 1.97. The van der Waals surface area contributed by atoms with E-state index in [4.69, 9.17) is 5.11 Å². The van der Waals surface area contributed by atoms with Crippen molar-refractivity contribution in [2.45, 2.75) is 38.9 Å². The second-order valence-corrected chi connectivity index (χ2v) is 5.34. The van der Waals surface area contributed by atoms with E-state index in [0.29, 0.717) is 0 Å². The number of aliphatic hydroxyl groups is 2. The molecule has 0 bridgehead atoms. The van der Waals surface area contributed by atoms with Gasteiger partial charge in [-0.2, -0.15) is 0 Å². The van der Waals surface area contributed by atoms with Crippen molar-refractivity contribution < 1.29 is 24.9 Å². The molecule has 0 aromatic carbocycles. The minimum atomic E-state index is -0.940. The van der Waals surface area contributed by atoms with Gasteiger partial charge in [-0.1, -0.05) is 13.8 Å². The predicted octanol–water partition coefficient (Wildman–Crippen LogP) is -0.559. The Hall–Kier alpha value is -1.14. The molecule has 0 radical (unpaired) electrons. The van der Waals surface area contributed by atoms with Gasteiger partial charge in [-0.05, 0) is 5.41 Å². The normalized spacial score (nSPS) is 25.1. The van der Waals surface area contributed by atoms with E-state index in [0.717, 1.165) is 0 Å². The number of carbonyl (C=O) groups excluding carboxylic acids is 1. The van der Waals surface area contributed by atoms with Crippen LogP contribution >= 0.6 is 0 Å². The summed E-state index contributed by atoms with van der Waals surface area (Å²) in [6.45, 7) is 3.65. The van der Waals surface area contributed by atoms with Crippen molar-refractivity contribution in [3.8, 4) is 0 Å². The minimum Gasteiger partial charge on any atom is -0.481 e. The number of rotatable bonds is 4. The van der Waals surface area contributed by atoms with Gasteiger partial charge in [0.25, 0.3) is 0 Å². The quantitative estimate of drug-likeness (QED) is 0.617. The minimum absolute atomic E-state index is 0.0856. The number of likely N-dealkylation sites (tertiary alicyclic amines) is 1. The van der Waals surface area contributed by atoms with Gasteiger partial charge < -0.3 is 20.2 Å². The second kappa shape index (κ2) is 5.01. The van der Waals surface area contributed by atoms with Crippen LogP contribution < -0.4 is 0 Å². The Morgan fingerprint density at radius 1 is 1.18 bits per heavy atom. The van der Waals surface area contributed by atoms with Crippen molar-refractivity contribution in [2.24, 2.45) is 5.41 Å². The fraction of sp³-hybridized carbons (Fsp3) is 0.818. The Kier molecular flexibility index (Phi) is 4.11. The number of amides is 1. The molecular formula is C11H19NO5. The van der Waals surface area contributed by atoms with E-state index in [2.05, 4.69) is 0 Å². The first kappa shape index (κ1) is 13.9. The van der Waals surface area contributed by atoms with Crippen LogP contribution in [0, 0.1) is 5.41 Å². The molecule has 6 heteroatoms. The van der Waals surface area contributed by atoms with Crippen LogP contribution in [-0.2, 0) is 9.59 Å². The van der Waals surface area contributed by atoms with Crippen molar-refractivity contribution >= 4 is 11.9 Å². The Balaban J connectivity index is 2.52. The highest BCUT2D eigenvalue weighted by Gasteiger charge is 2.35. The van der Waals surface area contributed by atoms with Crippen LogP contribution in [0.15, 0.2) is 0 Å². The van der Waals surface area contributed by atoms with E-state index >= 15 is 0 Å². The van der Waals surface area contributed by atoms with Gasteiger partial charge in [0.15, 0.2) is 0 Å². The third-order valence-electron chi connectivity index (χ3n) is 2.87. The molecule has 17 heavy (non-hydrogen) atoms. The van der Waals surface area contributed by atoms with Crippen LogP contribution in [0.3, 0.4) is 0 Å². The first-order valence-corrected chi connectivity index (χ1v) is 5.57. The molecule has 1 fully saturated rings. The summed E-state index contributed by atoms with van der Waals surface area (Å²) in [5.74, 6) is -1.17. The molecule has 0 aromatic heterocycles. The summed E-state index contributed by atoms with van der Waals surface area (Å²) in [6, 6.07) is 0. The van der Waals surface area contributed by atoms with Gasteiger partial charge in [0, 0.05) is 19.5 Å². The van der Waals surface area contributed by atoms with Crippen LogP contribution in [0.5, 0.6) is 0 Å². The molecule has 1 aliphatic rings. The molecule has 1 saturated heterocycles. The van der Waals surface area contributed by atoms with Gasteiger partial charge in [0.05, 0.1) is 18.6 Å². The molecule has 3 N–H and O–H groups in total. The topological polar surface area (TPSA) is 98.1 Å². The van der Waals surface area contributed by atoms with Crippen molar-refractivity contribution in [1.82, 2.24) is 4.90 Å². The van der Waals surface area contributed by atoms with Crippen LogP contribution in [0.4, 0.5) is 0 Å². The van der Waals surface area contributed by atoms with Gasteiger partial charge in [0.1, 0.15) is 0 Å². The summed E-state index contributed by atoms with van der Waals surface area (Å²) in [4.78, 5) is 23.8. The molecular weight excluding hydrogens is 226 g/mol. The lowest BCUT2D eigenvalue weighted by molar-refractivity contribution is -0.140. The Morgan fingerprint density at radius 2 is 1.65 bits per heavy atom. The largest absolute Gasteiger partial charge is 0.481 e. The van der Waals surface area contributed by atoms with Crippen LogP contribution in [-0.4, -0.2) is 57.4 Å². The van der Waals surface area contributed by atoms with E-state index in [-0.39, 0.29) is 31.8 Å². The summed E-state index contributed by atoms with van der Waals surface area (Å²) in [5.41, 5.74) is -0.624. The summed E-state index contributed by atoms with van der Waals surface area (Å²) in [7, 11) is 0. The number of carboxylic acids is 1. The highest BCUT2D eigenvalue weighted by Crippen LogP contribution is 2.27. The Bertz CT molecular complexity index is 305. The molecule has 1 rings (SSSR count). The number of nitrogens with zero attached hydrogens (tertiary/aromatic N) is 1. The number of hydrogen-bond donors (Lipinski definition) is 3. The molecule has 0 aromatic rings. The fourth-order valence-electron chi connectivity index (χ4n) is 1.97. The highest BCUT2D eigenvalue weighted by atomic mass is 16.4. The number of β-amino-alcohol motifs (C(OH)–C–C–N with tert-alkyl or cyclic N) is 2. The first-order valence-electron chi connectivity index (χ1n) is 5.57. The third-order valence-corrected chi connectivity index (χ3v) is 2.87. The Labute approximate surface area is 99.8 Å². The molecule has 98 valence electrons. The summed E-state index contributed by atoms with van der Waals surface area (Å²) >= 11 is 0. The van der Waals surface area contributed by atoms with Crippen LogP contribution in [0.1, 0.15) is 26.7 Å². The molecule has 2 atom stereocenters. The van der Waals surface area contributed by atoms with Gasteiger partial charge in [-0.25, -0.2) is 0 Å². The summed E-state index contributed by atoms with van der Waals surface area (Å²) in [5, 5.41) is 27.4. The maximum atomic E-state index is 11.8. The lowest BCUT2D eigenvalue weighted by atomic mass is 9.85. The van der Waals surface area contributed by atoms with E-state index < -0.39 is 23.6 Å². The van der Waals surface area contributed by atoms with E-state index in [1.807, 2.05) is 0 Å². The van der Waals surface area contributed by atoms with Crippen molar-refractivity contribution in [3.05, 3.63) is 0 Å². The molecule has 1 aliphatic heterocycles. The molecule has 0 aliphatic carbocycles. The average molecular weight is 245 g/mol. The van der Waals surface area contributed by atoms with Crippen molar-refractivity contribution in [3.63, 3.8) is 0 Å². The zero-order valence-corrected chi connectivity index (χ0v) is 10.1. The van der Waals surface area contributed by atoms with Crippen molar-refractivity contribution in [1.29, 1.82) is 0 Å². The van der Waals surface area contributed by atoms with Crippen molar-refractivity contribution in [2.75, 3.05) is 13.1 Å². The standard InChI is InChI=1S/C11H19NO5/c1-11(2,4-10(16)17)3-9(15)12-5-7(13)8(14)6-12/h7-8,13-14H,3-6H2,1-2H3,(H,16,17)/t7-,8+. The van der Waals surface area contributed by atoms with Crippen LogP contribution in [0.2, 0.25) is 0 Å². The van der Waals surface area contributed by atoms with E-state index in [1.54, 1.807) is 13.8 Å². The van der Waals surface area contributed by atoms with Crippen LogP contribution in [0.25, 0.3) is 0 Å². The number of carbonyl (C=O) groups is 2. The number of aliphatic hydroxyl groups excluding tert-OH is 2.